The second kappa shape index (κ2) is 8.61. The molecule has 12 nitrogen and oxygen atoms in total. The summed E-state index contributed by atoms with van der Waals surface area (Å²) in [5.74, 6) is -0.849. The number of carbonyl (C=O) groups excluding carboxylic acids is 5. The molecular formula is C26H23N5O7. The second-order valence-electron chi connectivity index (χ2n) is 9.44. The van der Waals surface area contributed by atoms with Crippen molar-refractivity contribution in [2.45, 2.75) is 12.1 Å². The summed E-state index contributed by atoms with van der Waals surface area (Å²) in [6.07, 6.45) is 0. The van der Waals surface area contributed by atoms with Crippen molar-refractivity contribution < 1.29 is 33.1 Å². The lowest BCUT2D eigenvalue weighted by Gasteiger charge is -2.29. The van der Waals surface area contributed by atoms with Gasteiger partial charge >= 0.3 is 6.03 Å². The van der Waals surface area contributed by atoms with Crippen LogP contribution in [0.4, 0.5) is 4.79 Å². The van der Waals surface area contributed by atoms with Gasteiger partial charge in [0.25, 0.3) is 17.7 Å². The number of urea groups is 1. The minimum atomic E-state index is -1.67. The molecule has 3 aliphatic heterocycles. The summed E-state index contributed by atoms with van der Waals surface area (Å²) >= 11 is 0. The Morgan fingerprint density at radius 1 is 1.08 bits per heavy atom. The predicted octanol–water partition coefficient (Wildman–Crippen LogP) is 0.704. The number of ether oxygens (including phenoxy) is 1. The largest absolute Gasteiger partial charge is 0.497 e. The van der Waals surface area contributed by atoms with Gasteiger partial charge in [0, 0.05) is 36.1 Å². The Kier molecular flexibility index (Phi) is 5.33. The number of piperazine rings is 1. The van der Waals surface area contributed by atoms with Crippen molar-refractivity contribution >= 4 is 40.6 Å². The van der Waals surface area contributed by atoms with E-state index in [2.05, 4.69) is 16.0 Å². The fourth-order valence-electron chi connectivity index (χ4n) is 5.10. The van der Waals surface area contributed by atoms with Crippen LogP contribution in [-0.4, -0.2) is 72.7 Å². The first-order chi connectivity index (χ1) is 18.3. The molecule has 2 aromatic carbocycles. The quantitative estimate of drug-likeness (QED) is 0.422. The van der Waals surface area contributed by atoms with Gasteiger partial charge in [-0.25, -0.2) is 4.79 Å². The van der Waals surface area contributed by atoms with Crippen LogP contribution in [0.15, 0.2) is 46.9 Å². The molecule has 3 N–H and O–H groups in total. The molecule has 1 unspecified atom stereocenters. The van der Waals surface area contributed by atoms with E-state index in [1.165, 1.54) is 16.9 Å². The molecule has 12 heteroatoms. The van der Waals surface area contributed by atoms with E-state index >= 15 is 0 Å². The summed E-state index contributed by atoms with van der Waals surface area (Å²) in [6.45, 7) is 0.800. The number of furan rings is 1. The van der Waals surface area contributed by atoms with E-state index in [-0.39, 0.29) is 43.1 Å². The molecule has 194 valence electrons. The van der Waals surface area contributed by atoms with Crippen molar-refractivity contribution in [2.75, 3.05) is 33.3 Å². The Labute approximate surface area is 215 Å². The summed E-state index contributed by atoms with van der Waals surface area (Å²) in [6, 6.07) is 10.9. The number of amides is 6. The lowest BCUT2D eigenvalue weighted by molar-refractivity contribution is -0.125. The Hall–Kier alpha value is -4.87. The highest BCUT2D eigenvalue weighted by Crippen LogP contribution is 2.35. The van der Waals surface area contributed by atoms with Gasteiger partial charge in [-0.1, -0.05) is 12.1 Å². The molecule has 4 heterocycles. The highest BCUT2D eigenvalue weighted by atomic mass is 16.5. The van der Waals surface area contributed by atoms with Gasteiger partial charge in [-0.05, 0) is 35.9 Å². The van der Waals surface area contributed by atoms with Crippen LogP contribution in [0.2, 0.25) is 0 Å². The Morgan fingerprint density at radius 3 is 2.66 bits per heavy atom. The van der Waals surface area contributed by atoms with Gasteiger partial charge in [0.1, 0.15) is 17.1 Å². The summed E-state index contributed by atoms with van der Waals surface area (Å²) in [7, 11) is 1.51. The normalized spacial score (nSPS) is 20.9. The summed E-state index contributed by atoms with van der Waals surface area (Å²) in [4.78, 5) is 66.2. The molecule has 38 heavy (non-hydrogen) atoms. The van der Waals surface area contributed by atoms with Crippen LogP contribution < -0.4 is 20.7 Å². The van der Waals surface area contributed by atoms with Gasteiger partial charge in [-0.15, -0.1) is 0 Å². The Balaban J connectivity index is 1.33. The van der Waals surface area contributed by atoms with Gasteiger partial charge in [0.15, 0.2) is 5.54 Å². The van der Waals surface area contributed by atoms with Crippen LogP contribution in [0.5, 0.6) is 5.75 Å². The first-order valence-electron chi connectivity index (χ1n) is 12.0. The standard InChI is InChI=1S/C26H23N5O7/c1-37-17-5-4-16-11-31(23(34)18(16)10-17)13-26(24(35)28-25(36)29-26)20-9-14-2-3-15(8-19(14)38-20)22(33)30-7-6-27-21(32)12-30/h2-5,8-10H,6-7,11-13H2,1H3,(H,27,32)(H2,28,29,35,36). The van der Waals surface area contributed by atoms with Gasteiger partial charge in [-0.3, -0.25) is 24.5 Å². The van der Waals surface area contributed by atoms with E-state index in [9.17, 15) is 24.0 Å². The molecule has 1 atom stereocenters. The van der Waals surface area contributed by atoms with Crippen LogP contribution in [0.25, 0.3) is 11.0 Å². The molecule has 0 spiro atoms. The number of nitrogens with zero attached hydrogens (tertiary/aromatic N) is 2. The van der Waals surface area contributed by atoms with Crippen molar-refractivity contribution in [3.8, 4) is 5.75 Å². The van der Waals surface area contributed by atoms with Gasteiger partial charge in [0.05, 0.1) is 20.2 Å². The number of hydrogen-bond donors (Lipinski definition) is 3. The van der Waals surface area contributed by atoms with Gasteiger partial charge < -0.3 is 29.6 Å². The number of fused-ring (bicyclic) bond motifs is 2. The van der Waals surface area contributed by atoms with Crippen molar-refractivity contribution in [1.82, 2.24) is 25.8 Å². The van der Waals surface area contributed by atoms with Crippen LogP contribution in [0.3, 0.4) is 0 Å². The van der Waals surface area contributed by atoms with Crippen molar-refractivity contribution in [3.63, 3.8) is 0 Å². The first-order valence-corrected chi connectivity index (χ1v) is 12.0. The number of nitrogens with one attached hydrogen (secondary N) is 3. The van der Waals surface area contributed by atoms with E-state index in [0.29, 0.717) is 40.9 Å². The van der Waals surface area contributed by atoms with E-state index in [4.69, 9.17) is 9.15 Å². The molecular weight excluding hydrogens is 494 g/mol. The van der Waals surface area contributed by atoms with E-state index < -0.39 is 17.5 Å². The summed E-state index contributed by atoms with van der Waals surface area (Å²) in [5.41, 5.74) is 0.202. The van der Waals surface area contributed by atoms with E-state index in [1.54, 1.807) is 42.5 Å². The lowest BCUT2D eigenvalue weighted by atomic mass is 9.95. The fourth-order valence-corrected chi connectivity index (χ4v) is 5.10. The number of imide groups is 1. The van der Waals surface area contributed by atoms with Crippen LogP contribution in [0, 0.1) is 0 Å². The smallest absolute Gasteiger partial charge is 0.322 e. The monoisotopic (exact) mass is 517 g/mol. The molecule has 0 radical (unpaired) electrons. The third kappa shape index (κ3) is 3.72. The Bertz CT molecular complexity index is 1550. The Morgan fingerprint density at radius 2 is 1.92 bits per heavy atom. The van der Waals surface area contributed by atoms with Crippen molar-refractivity contribution in [2.24, 2.45) is 0 Å². The summed E-state index contributed by atoms with van der Waals surface area (Å²) < 4.78 is 11.3. The van der Waals surface area contributed by atoms with Gasteiger partial charge in [0.2, 0.25) is 5.91 Å². The zero-order valence-corrected chi connectivity index (χ0v) is 20.3. The van der Waals surface area contributed by atoms with E-state index in [1.807, 2.05) is 0 Å². The number of carbonyl (C=O) groups is 5. The fraction of sp³-hybridized carbons (Fsp3) is 0.269. The molecule has 2 saturated heterocycles. The maximum atomic E-state index is 13.2. The minimum Gasteiger partial charge on any atom is -0.497 e. The number of hydrogen-bond acceptors (Lipinski definition) is 7. The number of benzene rings is 2. The molecule has 1 aromatic heterocycles. The zero-order valence-electron chi connectivity index (χ0n) is 20.3. The topological polar surface area (TPSA) is 150 Å². The first kappa shape index (κ1) is 23.5. The molecule has 3 aromatic rings. The van der Waals surface area contributed by atoms with Crippen LogP contribution in [-0.2, 0) is 21.7 Å². The number of methoxy groups -OCH3 is 1. The van der Waals surface area contributed by atoms with Gasteiger partial charge in [-0.2, -0.15) is 0 Å². The molecule has 6 rings (SSSR count). The lowest BCUT2D eigenvalue weighted by Crippen LogP contribution is -2.52. The average Bonchev–Trinajstić information content (AvgIpc) is 3.56. The molecule has 0 aliphatic carbocycles. The molecule has 2 fully saturated rings. The maximum Gasteiger partial charge on any atom is 0.322 e. The van der Waals surface area contributed by atoms with E-state index in [0.717, 1.165) is 5.56 Å². The average molecular weight is 517 g/mol. The predicted molar refractivity (Wildman–Crippen MR) is 131 cm³/mol. The molecule has 6 amide bonds. The third-order valence-corrected chi connectivity index (χ3v) is 7.08. The van der Waals surface area contributed by atoms with Crippen molar-refractivity contribution in [1.29, 1.82) is 0 Å². The highest BCUT2D eigenvalue weighted by Gasteiger charge is 2.53. The summed E-state index contributed by atoms with van der Waals surface area (Å²) in [5, 5.41) is 8.18. The molecule has 0 saturated carbocycles. The second-order valence-corrected chi connectivity index (χ2v) is 9.44. The van der Waals surface area contributed by atoms with Crippen LogP contribution >= 0.6 is 0 Å². The minimum absolute atomic E-state index is 0.0340. The SMILES string of the molecule is COc1ccc2c(c1)C(=O)N(CC1(c3cc4ccc(C(=O)N5CCNC(=O)C5)cc4o3)NC(=O)NC1=O)C2. The molecule has 3 aliphatic rings. The zero-order chi connectivity index (χ0) is 26.6. The highest BCUT2D eigenvalue weighted by molar-refractivity contribution is 6.08. The van der Waals surface area contributed by atoms with Crippen LogP contribution in [0.1, 0.15) is 32.0 Å². The molecule has 0 bridgehead atoms. The van der Waals surface area contributed by atoms with Crippen molar-refractivity contribution in [3.05, 3.63) is 64.9 Å². The maximum absolute atomic E-state index is 13.2. The number of rotatable bonds is 5. The third-order valence-electron chi connectivity index (χ3n) is 7.08.